The second-order valence-corrected chi connectivity index (χ2v) is 10.7. The van der Waals surface area contributed by atoms with Gasteiger partial charge in [0.05, 0.1) is 0 Å². The van der Waals surface area contributed by atoms with Crippen LogP contribution in [0.2, 0.25) is 0 Å². The lowest BCUT2D eigenvalue weighted by molar-refractivity contribution is 0.443. The molecule has 1 atom stereocenters. The van der Waals surface area contributed by atoms with Gasteiger partial charge in [-0.1, -0.05) is 67.5 Å². The third-order valence-electron chi connectivity index (χ3n) is 5.82. The van der Waals surface area contributed by atoms with E-state index in [2.05, 4.69) is 74.4 Å². The van der Waals surface area contributed by atoms with Crippen LogP contribution in [0.5, 0.6) is 11.5 Å². The highest BCUT2D eigenvalue weighted by Gasteiger charge is 2.28. The van der Waals surface area contributed by atoms with Crippen molar-refractivity contribution in [3.8, 4) is 11.5 Å². The van der Waals surface area contributed by atoms with Gasteiger partial charge in [0.25, 0.3) is 0 Å². The maximum absolute atomic E-state index is 10.7. The summed E-state index contributed by atoms with van der Waals surface area (Å²) < 4.78 is 0. The highest BCUT2D eigenvalue weighted by atomic mass is 16.3. The Balaban J connectivity index is 2.81. The molecule has 0 aliphatic rings. The minimum atomic E-state index is -0.140. The molecule has 0 heterocycles. The van der Waals surface area contributed by atoms with Crippen LogP contribution in [-0.4, -0.2) is 10.2 Å². The van der Waals surface area contributed by atoms with Crippen LogP contribution in [-0.2, 0) is 10.8 Å². The second-order valence-electron chi connectivity index (χ2n) is 10.7. The van der Waals surface area contributed by atoms with Crippen LogP contribution < -0.4 is 0 Å². The van der Waals surface area contributed by atoms with Crippen LogP contribution in [0.4, 0.5) is 0 Å². The van der Waals surface area contributed by atoms with Crippen molar-refractivity contribution in [1.29, 1.82) is 0 Å². The monoisotopic (exact) mass is 382 g/mol. The summed E-state index contributed by atoms with van der Waals surface area (Å²) in [6.07, 6.45) is 0. The molecule has 2 aromatic carbocycles. The Labute approximate surface area is 171 Å². The van der Waals surface area contributed by atoms with E-state index in [-0.39, 0.29) is 16.7 Å². The van der Waals surface area contributed by atoms with Crippen molar-refractivity contribution in [2.45, 2.75) is 86.0 Å². The average molecular weight is 383 g/mol. The first kappa shape index (κ1) is 22.3. The average Bonchev–Trinajstić information content (AvgIpc) is 2.50. The van der Waals surface area contributed by atoms with Crippen molar-refractivity contribution in [3.05, 3.63) is 57.6 Å². The first-order chi connectivity index (χ1) is 12.6. The maximum atomic E-state index is 10.7. The minimum Gasteiger partial charge on any atom is -0.508 e. The number of hydrogen-bond acceptors (Lipinski definition) is 2. The van der Waals surface area contributed by atoms with E-state index in [1.54, 1.807) is 0 Å². The summed E-state index contributed by atoms with van der Waals surface area (Å²) >= 11 is 0. The van der Waals surface area contributed by atoms with Crippen LogP contribution in [0.1, 0.15) is 94.7 Å². The molecular formula is C26H38O2. The molecule has 2 nitrogen and oxygen atoms in total. The van der Waals surface area contributed by atoms with Crippen LogP contribution in [0.15, 0.2) is 24.3 Å². The maximum Gasteiger partial charge on any atom is 0.119 e. The molecule has 1 unspecified atom stereocenters. The number of rotatable bonds is 3. The van der Waals surface area contributed by atoms with E-state index >= 15 is 0 Å². The molecule has 154 valence electrons. The molecule has 0 aliphatic carbocycles. The molecule has 0 amide bonds. The Morgan fingerprint density at radius 1 is 0.714 bits per heavy atom. The van der Waals surface area contributed by atoms with E-state index < -0.39 is 0 Å². The van der Waals surface area contributed by atoms with Gasteiger partial charge in [-0.15, -0.1) is 0 Å². The quantitative estimate of drug-likeness (QED) is 0.594. The molecule has 0 saturated carbocycles. The molecule has 2 heteroatoms. The number of hydrogen-bond donors (Lipinski definition) is 2. The third kappa shape index (κ3) is 4.37. The molecule has 0 radical (unpaired) electrons. The summed E-state index contributed by atoms with van der Waals surface area (Å²) in [6.45, 7) is 21.4. The summed E-state index contributed by atoms with van der Waals surface area (Å²) in [4.78, 5) is 0. The summed E-state index contributed by atoms with van der Waals surface area (Å²) in [7, 11) is 0. The van der Waals surface area contributed by atoms with E-state index in [1.807, 2.05) is 19.1 Å². The summed E-state index contributed by atoms with van der Waals surface area (Å²) in [5.41, 5.74) is 6.36. The van der Waals surface area contributed by atoms with Gasteiger partial charge in [0.2, 0.25) is 0 Å². The standard InChI is InChI=1S/C26H38O2/c1-15(2)24(19-14-21(26(8,9)10)23(28)11-16(19)3)20-12-18(25(5,6)7)13-22(27)17(20)4/h11-15,24,27-28H,1-10H3. The SMILES string of the molecule is Cc1cc(O)c(C(C)(C)C)cc1C(c1cc(C(C)(C)C)cc(O)c1C)C(C)C. The fraction of sp³-hybridized carbons (Fsp3) is 0.538. The molecule has 2 aromatic rings. The van der Waals surface area contributed by atoms with E-state index in [4.69, 9.17) is 0 Å². The van der Waals surface area contributed by atoms with Crippen LogP contribution in [0.25, 0.3) is 0 Å². The number of phenols is 2. The van der Waals surface area contributed by atoms with Crippen LogP contribution in [0, 0.1) is 19.8 Å². The van der Waals surface area contributed by atoms with E-state index in [0.29, 0.717) is 17.4 Å². The third-order valence-corrected chi connectivity index (χ3v) is 5.82. The summed E-state index contributed by atoms with van der Waals surface area (Å²) in [5, 5.41) is 21.2. The number of phenolic OH excluding ortho intramolecular Hbond substituents is 2. The van der Waals surface area contributed by atoms with Gasteiger partial charge in [-0.25, -0.2) is 0 Å². The predicted octanol–water partition coefficient (Wildman–Crippen LogP) is 7.10. The Kier molecular flexibility index (Phi) is 5.95. The minimum absolute atomic E-state index is 0.0397. The molecule has 0 fully saturated rings. The zero-order chi connectivity index (χ0) is 21.6. The van der Waals surface area contributed by atoms with Crippen molar-refractivity contribution in [2.24, 2.45) is 5.92 Å². The highest BCUT2D eigenvalue weighted by molar-refractivity contribution is 5.53. The van der Waals surface area contributed by atoms with Crippen molar-refractivity contribution < 1.29 is 10.2 Å². The van der Waals surface area contributed by atoms with Crippen LogP contribution in [0.3, 0.4) is 0 Å². The number of benzene rings is 2. The van der Waals surface area contributed by atoms with Gasteiger partial charge in [-0.2, -0.15) is 0 Å². The van der Waals surface area contributed by atoms with Gasteiger partial charge in [0.1, 0.15) is 11.5 Å². The lowest BCUT2D eigenvalue weighted by Crippen LogP contribution is -2.18. The predicted molar refractivity (Wildman–Crippen MR) is 120 cm³/mol. The fourth-order valence-corrected chi connectivity index (χ4v) is 4.01. The fourth-order valence-electron chi connectivity index (χ4n) is 4.01. The van der Waals surface area contributed by atoms with Crippen molar-refractivity contribution in [3.63, 3.8) is 0 Å². The molecule has 0 aromatic heterocycles. The molecule has 0 bridgehead atoms. The van der Waals surface area contributed by atoms with E-state index in [9.17, 15) is 10.2 Å². The summed E-state index contributed by atoms with van der Waals surface area (Å²) in [6, 6.07) is 8.24. The van der Waals surface area contributed by atoms with Gasteiger partial charge in [-0.3, -0.25) is 0 Å². The molecule has 2 N–H and O–H groups in total. The molecule has 28 heavy (non-hydrogen) atoms. The molecular weight excluding hydrogens is 344 g/mol. The first-order valence-corrected chi connectivity index (χ1v) is 10.3. The van der Waals surface area contributed by atoms with Gasteiger partial charge in [0.15, 0.2) is 0 Å². The Morgan fingerprint density at radius 3 is 1.75 bits per heavy atom. The van der Waals surface area contributed by atoms with Gasteiger partial charge in [0, 0.05) is 5.92 Å². The largest absolute Gasteiger partial charge is 0.508 e. The lowest BCUT2D eigenvalue weighted by atomic mass is 9.74. The Bertz CT molecular complexity index is 861. The molecule has 2 rings (SSSR count). The number of aryl methyl sites for hydroxylation is 1. The zero-order valence-electron chi connectivity index (χ0n) is 19.4. The Hall–Kier alpha value is -1.96. The van der Waals surface area contributed by atoms with E-state index in [0.717, 1.165) is 22.3 Å². The Morgan fingerprint density at radius 2 is 1.29 bits per heavy atom. The molecule has 0 spiro atoms. The second kappa shape index (κ2) is 7.46. The number of aromatic hydroxyl groups is 2. The molecule has 0 saturated heterocycles. The van der Waals surface area contributed by atoms with Crippen LogP contribution >= 0.6 is 0 Å². The topological polar surface area (TPSA) is 40.5 Å². The molecule has 0 aliphatic heterocycles. The van der Waals surface area contributed by atoms with E-state index in [1.165, 1.54) is 11.1 Å². The lowest BCUT2D eigenvalue weighted by Gasteiger charge is -2.30. The van der Waals surface area contributed by atoms with Gasteiger partial charge >= 0.3 is 0 Å². The zero-order valence-corrected chi connectivity index (χ0v) is 19.4. The summed E-state index contributed by atoms with van der Waals surface area (Å²) in [5.74, 6) is 1.22. The normalized spacial score (nSPS) is 13.8. The van der Waals surface area contributed by atoms with Crippen molar-refractivity contribution in [1.82, 2.24) is 0 Å². The first-order valence-electron chi connectivity index (χ1n) is 10.3. The van der Waals surface area contributed by atoms with Gasteiger partial charge < -0.3 is 10.2 Å². The highest BCUT2D eigenvalue weighted by Crippen LogP contribution is 2.43. The van der Waals surface area contributed by atoms with Crippen molar-refractivity contribution in [2.75, 3.05) is 0 Å². The van der Waals surface area contributed by atoms with Crippen molar-refractivity contribution >= 4 is 0 Å². The smallest absolute Gasteiger partial charge is 0.119 e. The van der Waals surface area contributed by atoms with Gasteiger partial charge in [-0.05, 0) is 76.1 Å².